The Kier molecular flexibility index (Phi) is 8.36. The van der Waals surface area contributed by atoms with Crippen LogP contribution in [0.4, 0.5) is 0 Å². The summed E-state index contributed by atoms with van der Waals surface area (Å²) in [7, 11) is 0. The summed E-state index contributed by atoms with van der Waals surface area (Å²) < 4.78 is 0. The molecule has 1 aliphatic rings. The third kappa shape index (κ3) is 4.92. The van der Waals surface area contributed by atoms with Gasteiger partial charge in [0.15, 0.2) is 0 Å². The van der Waals surface area contributed by atoms with E-state index in [4.69, 9.17) is 0 Å². The minimum absolute atomic E-state index is 0.325. The van der Waals surface area contributed by atoms with Crippen molar-refractivity contribution in [3.63, 3.8) is 0 Å². The first-order valence-corrected chi connectivity index (χ1v) is 15.1. The quantitative estimate of drug-likeness (QED) is 0.441. The molecule has 0 aliphatic carbocycles. The zero-order chi connectivity index (χ0) is 16.5. The van der Waals surface area contributed by atoms with Gasteiger partial charge in [-0.15, -0.1) is 0 Å². The van der Waals surface area contributed by atoms with Crippen molar-refractivity contribution in [1.29, 1.82) is 0 Å². The van der Waals surface area contributed by atoms with Gasteiger partial charge in [0.1, 0.15) is 0 Å². The van der Waals surface area contributed by atoms with Crippen LogP contribution in [0.5, 0.6) is 0 Å². The van der Waals surface area contributed by atoms with E-state index in [1.807, 2.05) is 0 Å². The normalized spacial score (nSPS) is 18.0. The molecule has 116 valence electrons. The Morgan fingerprint density at radius 2 is 1.61 bits per heavy atom. The van der Waals surface area contributed by atoms with Crippen molar-refractivity contribution in [2.75, 3.05) is 0 Å². The van der Waals surface area contributed by atoms with Gasteiger partial charge in [-0.25, -0.2) is 6.54 Å². The first-order valence-electron chi connectivity index (χ1n) is 8.19. The van der Waals surface area contributed by atoms with E-state index in [0.29, 0.717) is 12.1 Å². The van der Waals surface area contributed by atoms with Crippen LogP contribution >= 0.6 is 13.6 Å². The summed E-state index contributed by atoms with van der Waals surface area (Å²) in [5.74, 6) is 0. The SMILES string of the molecule is CCC1C[CH+]C[CH-]N1C(c1ccccc1)c1ccccc1.[Zn+][Br]. The molecule has 1 atom stereocenters. The van der Waals surface area contributed by atoms with Crippen molar-refractivity contribution in [3.05, 3.63) is 84.8 Å². The van der Waals surface area contributed by atoms with Crippen LogP contribution in [0.2, 0.25) is 0 Å². The number of rotatable bonds is 4. The summed E-state index contributed by atoms with van der Waals surface area (Å²) in [4.78, 5) is 2.57. The van der Waals surface area contributed by atoms with E-state index < -0.39 is 0 Å². The summed E-state index contributed by atoms with van der Waals surface area (Å²) in [6.45, 7) is 4.67. The van der Waals surface area contributed by atoms with Gasteiger partial charge in [0.25, 0.3) is 0 Å². The van der Waals surface area contributed by atoms with Crippen LogP contribution in [0.1, 0.15) is 43.4 Å². The number of nitrogens with zero attached hydrogens (tertiary/aromatic N) is 1. The van der Waals surface area contributed by atoms with Gasteiger partial charge in [0.05, 0.1) is 6.42 Å². The van der Waals surface area contributed by atoms with Gasteiger partial charge >= 0.3 is 30.0 Å². The van der Waals surface area contributed by atoms with E-state index in [0.717, 1.165) is 6.42 Å². The average molecular weight is 423 g/mol. The maximum atomic E-state index is 3.06. The monoisotopic (exact) mass is 420 g/mol. The predicted molar refractivity (Wildman–Crippen MR) is 97.4 cm³/mol. The van der Waals surface area contributed by atoms with Crippen LogP contribution in [0.3, 0.4) is 0 Å². The number of hydrogen-bond donors (Lipinski definition) is 0. The zero-order valence-corrected chi connectivity index (χ0v) is 18.3. The van der Waals surface area contributed by atoms with Gasteiger partial charge in [-0.2, -0.15) is 0 Å². The molecule has 2 aromatic carbocycles. The topological polar surface area (TPSA) is 3.24 Å². The molecule has 1 saturated heterocycles. The van der Waals surface area contributed by atoms with Crippen LogP contribution < -0.4 is 0 Å². The first-order chi connectivity index (χ1) is 11.4. The molecule has 0 bridgehead atoms. The number of halogens is 1. The molecule has 1 nitrogen and oxygen atoms in total. The Labute approximate surface area is 157 Å². The third-order valence-corrected chi connectivity index (χ3v) is 4.34. The molecule has 2 aromatic rings. The number of hydrogen-bond acceptors (Lipinski definition) is 1. The molecule has 1 aliphatic heterocycles. The van der Waals surface area contributed by atoms with E-state index in [1.54, 1.807) is 0 Å². The van der Waals surface area contributed by atoms with Gasteiger partial charge in [-0.1, -0.05) is 67.6 Å². The van der Waals surface area contributed by atoms with Crippen LogP contribution in [-0.2, 0) is 16.3 Å². The molecular formula is C20H23BrNZn+. The summed E-state index contributed by atoms with van der Waals surface area (Å²) in [6, 6.07) is 22.7. The fourth-order valence-corrected chi connectivity index (χ4v) is 3.26. The fraction of sp³-hybridized carbons (Fsp3) is 0.300. The predicted octanol–water partition coefficient (Wildman–Crippen LogP) is 5.86. The van der Waals surface area contributed by atoms with E-state index >= 15 is 0 Å². The van der Waals surface area contributed by atoms with Crippen molar-refractivity contribution in [2.45, 2.75) is 38.3 Å². The Bertz CT molecular complexity index is 507. The minimum atomic E-state index is 0.325. The average Bonchev–Trinajstić information content (AvgIpc) is 2.66. The summed E-state index contributed by atoms with van der Waals surface area (Å²) in [5, 5.41) is 0. The first kappa shape index (κ1) is 18.7. The van der Waals surface area contributed by atoms with Crippen LogP contribution in [-0.4, -0.2) is 10.9 Å². The van der Waals surface area contributed by atoms with Crippen molar-refractivity contribution < 1.29 is 16.3 Å². The maximum absolute atomic E-state index is 3.06. The zero-order valence-electron chi connectivity index (χ0n) is 13.7. The summed E-state index contributed by atoms with van der Waals surface area (Å²) >= 11 is 4.25. The summed E-state index contributed by atoms with van der Waals surface area (Å²) in [5.41, 5.74) is 2.75. The van der Waals surface area contributed by atoms with Gasteiger partial charge in [-0.3, -0.25) is 0 Å². The van der Waals surface area contributed by atoms with Crippen molar-refractivity contribution in [3.8, 4) is 0 Å². The fourth-order valence-electron chi connectivity index (χ4n) is 3.26. The molecular weight excluding hydrogens is 400 g/mol. The molecule has 0 radical (unpaired) electrons. The number of benzene rings is 2. The van der Waals surface area contributed by atoms with E-state index in [1.165, 1.54) is 40.3 Å². The molecule has 0 aromatic heterocycles. The molecule has 0 spiro atoms. The second-order valence-corrected chi connectivity index (χ2v) is 5.68. The molecule has 1 fully saturated rings. The van der Waals surface area contributed by atoms with Crippen LogP contribution in [0.15, 0.2) is 60.7 Å². The van der Waals surface area contributed by atoms with Crippen LogP contribution in [0.25, 0.3) is 0 Å². The number of likely N-dealkylation sites (tertiary alicyclic amines) is 1. The number of piperidine rings is 1. The Balaban J connectivity index is 0.000000924. The van der Waals surface area contributed by atoms with E-state index in [2.05, 4.69) is 99.1 Å². The molecule has 0 saturated carbocycles. The molecule has 1 unspecified atom stereocenters. The Hall–Kier alpha value is -0.627. The van der Waals surface area contributed by atoms with Crippen molar-refractivity contribution in [1.82, 2.24) is 4.90 Å². The summed E-state index contributed by atoms with van der Waals surface area (Å²) in [6.07, 6.45) is 5.84. The van der Waals surface area contributed by atoms with Gasteiger partial charge in [0, 0.05) is 18.5 Å². The molecule has 3 rings (SSSR count). The second kappa shape index (κ2) is 10.3. The van der Waals surface area contributed by atoms with Gasteiger partial charge < -0.3 is 4.90 Å². The molecule has 0 amide bonds. The van der Waals surface area contributed by atoms with E-state index in [-0.39, 0.29) is 0 Å². The second-order valence-electron chi connectivity index (χ2n) is 5.68. The molecule has 0 N–H and O–H groups in total. The van der Waals surface area contributed by atoms with E-state index in [9.17, 15) is 0 Å². The van der Waals surface area contributed by atoms with Gasteiger partial charge in [-0.05, 0) is 24.0 Å². The Morgan fingerprint density at radius 3 is 2.09 bits per heavy atom. The standard InChI is InChI=1S/C20H23N.BrH.Zn/c1-2-19-15-9-10-16-21(19)20(17-11-5-3-6-12-17)18-13-7-4-8-14-18;;/h3-9,11-14,16,19-20H,2,10,15H2,1H3;1H;/q;;+2/p-1. The van der Waals surface area contributed by atoms with Crippen LogP contribution in [0, 0.1) is 13.0 Å². The Morgan fingerprint density at radius 1 is 1.09 bits per heavy atom. The third-order valence-electron chi connectivity index (χ3n) is 4.34. The van der Waals surface area contributed by atoms with Crippen molar-refractivity contribution >= 4 is 13.6 Å². The molecule has 3 heteroatoms. The van der Waals surface area contributed by atoms with Gasteiger partial charge in [0.2, 0.25) is 0 Å². The molecule has 1 heterocycles. The molecule has 23 heavy (non-hydrogen) atoms. The van der Waals surface area contributed by atoms with Crippen molar-refractivity contribution in [2.24, 2.45) is 0 Å².